The topological polar surface area (TPSA) is 53.1 Å². The minimum absolute atomic E-state index is 0.133. The van der Waals surface area contributed by atoms with E-state index in [1.807, 2.05) is 12.1 Å². The first kappa shape index (κ1) is 14.3. The summed E-state index contributed by atoms with van der Waals surface area (Å²) in [4.78, 5) is 2.47. The van der Waals surface area contributed by atoms with Crippen LogP contribution >= 0.6 is 11.8 Å². The van der Waals surface area contributed by atoms with Crippen LogP contribution in [0.1, 0.15) is 19.4 Å². The lowest BCUT2D eigenvalue weighted by Gasteiger charge is -2.37. The predicted octanol–water partition coefficient (Wildman–Crippen LogP) is 3.45. The molecular weight excluding hydrogens is 278 g/mol. The van der Waals surface area contributed by atoms with Crippen molar-refractivity contribution in [1.82, 2.24) is 0 Å². The summed E-state index contributed by atoms with van der Waals surface area (Å²) in [6, 6.07) is 12.4. The zero-order valence-corrected chi connectivity index (χ0v) is 13.3. The van der Waals surface area contributed by atoms with E-state index in [-0.39, 0.29) is 5.84 Å². The second kappa shape index (κ2) is 5.60. The molecule has 110 valence electrons. The van der Waals surface area contributed by atoms with Crippen molar-refractivity contribution in [3.63, 3.8) is 0 Å². The first-order chi connectivity index (χ1) is 10.1. The maximum atomic E-state index is 7.76. The van der Waals surface area contributed by atoms with Crippen LogP contribution in [0.2, 0.25) is 0 Å². The van der Waals surface area contributed by atoms with Gasteiger partial charge in [0.15, 0.2) is 0 Å². The Kier molecular flexibility index (Phi) is 3.81. The van der Waals surface area contributed by atoms with Gasteiger partial charge in [0, 0.05) is 40.2 Å². The van der Waals surface area contributed by atoms with Crippen molar-refractivity contribution in [2.75, 3.05) is 18.0 Å². The average Bonchev–Trinajstić information content (AvgIpc) is 2.44. The van der Waals surface area contributed by atoms with Gasteiger partial charge in [-0.2, -0.15) is 11.8 Å². The van der Waals surface area contributed by atoms with Gasteiger partial charge in [0.2, 0.25) is 0 Å². The Morgan fingerprint density at radius 2 is 1.71 bits per heavy atom. The molecule has 1 heterocycles. The average molecular weight is 299 g/mol. The highest BCUT2D eigenvalue weighted by Gasteiger charge is 2.23. The number of hydrogen-bond donors (Lipinski definition) is 2. The molecule has 0 saturated carbocycles. The fourth-order valence-electron chi connectivity index (χ4n) is 3.17. The van der Waals surface area contributed by atoms with Crippen LogP contribution in [-0.4, -0.2) is 29.4 Å². The Morgan fingerprint density at radius 3 is 2.33 bits per heavy atom. The highest BCUT2D eigenvalue weighted by Crippen LogP contribution is 2.34. The predicted molar refractivity (Wildman–Crippen MR) is 93.7 cm³/mol. The molecule has 0 amide bonds. The van der Waals surface area contributed by atoms with Crippen molar-refractivity contribution < 1.29 is 0 Å². The molecule has 1 fully saturated rings. The Hall–Kier alpha value is -1.68. The summed E-state index contributed by atoms with van der Waals surface area (Å²) >= 11 is 2.06. The van der Waals surface area contributed by atoms with Crippen molar-refractivity contribution in [3.05, 3.63) is 42.0 Å². The molecule has 0 aromatic heterocycles. The van der Waals surface area contributed by atoms with Gasteiger partial charge in [-0.05, 0) is 17.5 Å². The lowest BCUT2D eigenvalue weighted by molar-refractivity contribution is 0.730. The number of nitrogens with zero attached hydrogens (tertiary/aromatic N) is 1. The van der Waals surface area contributed by atoms with Crippen LogP contribution in [-0.2, 0) is 0 Å². The SMILES string of the molecule is CC1CN(c2ccc(C(=N)N)c3ccccc23)CC(C)S1. The molecular formula is C17H21N3S. The summed E-state index contributed by atoms with van der Waals surface area (Å²) in [5.74, 6) is 0.133. The van der Waals surface area contributed by atoms with Crippen molar-refractivity contribution in [1.29, 1.82) is 5.41 Å². The number of nitrogen functional groups attached to an aromatic ring is 1. The van der Waals surface area contributed by atoms with Crippen molar-refractivity contribution in [2.24, 2.45) is 5.73 Å². The molecule has 0 spiro atoms. The molecule has 1 aliphatic heterocycles. The van der Waals surface area contributed by atoms with E-state index in [1.54, 1.807) is 0 Å². The maximum Gasteiger partial charge on any atom is 0.123 e. The van der Waals surface area contributed by atoms with E-state index in [1.165, 1.54) is 11.1 Å². The van der Waals surface area contributed by atoms with E-state index in [9.17, 15) is 0 Å². The first-order valence-electron chi connectivity index (χ1n) is 7.33. The summed E-state index contributed by atoms with van der Waals surface area (Å²) in [5.41, 5.74) is 7.80. The number of hydrogen-bond acceptors (Lipinski definition) is 3. The number of nitrogens with one attached hydrogen (secondary N) is 1. The third-order valence-electron chi connectivity index (χ3n) is 3.95. The van der Waals surface area contributed by atoms with Gasteiger partial charge in [0.05, 0.1) is 0 Å². The lowest BCUT2D eigenvalue weighted by atomic mass is 10.0. The van der Waals surface area contributed by atoms with Crippen molar-refractivity contribution in [2.45, 2.75) is 24.3 Å². The number of nitrogens with two attached hydrogens (primary N) is 1. The van der Waals surface area contributed by atoms with Crippen LogP contribution in [0, 0.1) is 5.41 Å². The Bertz CT molecular complexity index is 673. The summed E-state index contributed by atoms with van der Waals surface area (Å²) in [5, 5.41) is 11.3. The molecule has 1 aliphatic rings. The van der Waals surface area contributed by atoms with Crippen LogP contribution in [0.4, 0.5) is 5.69 Å². The lowest BCUT2D eigenvalue weighted by Crippen LogP contribution is -2.40. The van der Waals surface area contributed by atoms with Crippen LogP contribution in [0.25, 0.3) is 10.8 Å². The van der Waals surface area contributed by atoms with Crippen LogP contribution in [0.5, 0.6) is 0 Å². The molecule has 3 nitrogen and oxygen atoms in total. The van der Waals surface area contributed by atoms with Crippen molar-refractivity contribution >= 4 is 34.1 Å². The quantitative estimate of drug-likeness (QED) is 0.659. The van der Waals surface area contributed by atoms with Crippen molar-refractivity contribution in [3.8, 4) is 0 Å². The number of fused-ring (bicyclic) bond motifs is 1. The second-order valence-corrected chi connectivity index (χ2v) is 7.64. The van der Waals surface area contributed by atoms with Gasteiger partial charge in [-0.25, -0.2) is 0 Å². The summed E-state index contributed by atoms with van der Waals surface area (Å²) < 4.78 is 0. The van der Waals surface area contributed by atoms with E-state index in [4.69, 9.17) is 11.1 Å². The highest BCUT2D eigenvalue weighted by atomic mass is 32.2. The molecule has 1 saturated heterocycles. The van der Waals surface area contributed by atoms with E-state index >= 15 is 0 Å². The summed E-state index contributed by atoms with van der Waals surface area (Å²) in [6.45, 7) is 6.72. The molecule has 21 heavy (non-hydrogen) atoms. The van der Waals surface area contributed by atoms with Gasteiger partial charge in [-0.3, -0.25) is 5.41 Å². The normalized spacial score (nSPS) is 22.5. The fourth-order valence-corrected chi connectivity index (χ4v) is 4.49. The summed E-state index contributed by atoms with van der Waals surface area (Å²) in [7, 11) is 0. The van der Waals surface area contributed by atoms with Gasteiger partial charge in [0.1, 0.15) is 5.84 Å². The van der Waals surface area contributed by atoms with Gasteiger partial charge in [-0.1, -0.05) is 38.1 Å². The Balaban J connectivity index is 2.11. The number of rotatable bonds is 2. The monoisotopic (exact) mass is 299 g/mol. The van der Waals surface area contributed by atoms with E-state index in [0.29, 0.717) is 10.5 Å². The van der Waals surface area contributed by atoms with Crippen LogP contribution in [0.3, 0.4) is 0 Å². The minimum Gasteiger partial charge on any atom is -0.384 e. The summed E-state index contributed by atoms with van der Waals surface area (Å²) in [6.07, 6.45) is 0. The Morgan fingerprint density at radius 1 is 1.10 bits per heavy atom. The van der Waals surface area contributed by atoms with Crippen LogP contribution in [0.15, 0.2) is 36.4 Å². The molecule has 0 radical (unpaired) electrons. The zero-order chi connectivity index (χ0) is 15.0. The van der Waals surface area contributed by atoms with E-state index in [2.05, 4.69) is 54.8 Å². The van der Waals surface area contributed by atoms with Gasteiger partial charge in [0.25, 0.3) is 0 Å². The molecule has 0 aliphatic carbocycles. The number of thioether (sulfide) groups is 1. The molecule has 3 rings (SSSR count). The largest absolute Gasteiger partial charge is 0.384 e. The zero-order valence-electron chi connectivity index (χ0n) is 12.5. The second-order valence-electron chi connectivity index (χ2n) is 5.75. The molecule has 2 aromatic carbocycles. The molecule has 2 aromatic rings. The third-order valence-corrected chi connectivity index (χ3v) is 5.18. The molecule has 4 heteroatoms. The van der Waals surface area contributed by atoms with E-state index < -0.39 is 0 Å². The Labute approximate surface area is 130 Å². The number of amidine groups is 1. The molecule has 2 unspecified atom stereocenters. The van der Waals surface area contributed by atoms with E-state index in [0.717, 1.165) is 24.0 Å². The van der Waals surface area contributed by atoms with Crippen LogP contribution < -0.4 is 10.6 Å². The molecule has 0 bridgehead atoms. The minimum atomic E-state index is 0.133. The van der Waals surface area contributed by atoms with Gasteiger partial charge in [-0.15, -0.1) is 0 Å². The number of benzene rings is 2. The maximum absolute atomic E-state index is 7.76. The molecule has 2 atom stereocenters. The smallest absolute Gasteiger partial charge is 0.123 e. The third kappa shape index (κ3) is 2.72. The first-order valence-corrected chi connectivity index (χ1v) is 8.27. The number of anilines is 1. The van der Waals surface area contributed by atoms with Gasteiger partial charge >= 0.3 is 0 Å². The van der Waals surface area contributed by atoms with Gasteiger partial charge < -0.3 is 10.6 Å². The highest BCUT2D eigenvalue weighted by molar-refractivity contribution is 8.00. The standard InChI is InChI=1S/C17H21N3S/c1-11-9-20(10-12(2)21-11)16-8-7-15(17(18)19)13-5-3-4-6-14(13)16/h3-8,11-12H,9-10H2,1-2H3,(H3,18,19). The fraction of sp³-hybridized carbons (Fsp3) is 0.353. The molecule has 3 N–H and O–H groups in total.